The highest BCUT2D eigenvalue weighted by atomic mass is 16.5. The van der Waals surface area contributed by atoms with Gasteiger partial charge < -0.3 is 4.74 Å². The maximum Gasteiger partial charge on any atom is 0.0669 e. The minimum absolute atomic E-state index is 0.0512. The molecule has 15 heavy (non-hydrogen) atoms. The summed E-state index contributed by atoms with van der Waals surface area (Å²) < 4.78 is 5.68. The second-order valence-corrected chi connectivity index (χ2v) is 5.23. The Hall–Kier alpha value is -0.590. The van der Waals surface area contributed by atoms with E-state index in [1.165, 1.54) is 0 Å². The average Bonchev–Trinajstić information content (AvgIpc) is 2.16. The van der Waals surface area contributed by atoms with Gasteiger partial charge in [-0.3, -0.25) is 4.90 Å². The third-order valence-corrected chi connectivity index (χ3v) is 2.63. The number of piperidine rings is 1. The molecule has 1 saturated heterocycles. The summed E-state index contributed by atoms with van der Waals surface area (Å²) in [5.41, 5.74) is -0.0512. The summed E-state index contributed by atoms with van der Waals surface area (Å²) in [6.07, 6.45) is 2.21. The fraction of sp³-hybridized carbons (Fsp3) is 0.917. The van der Waals surface area contributed by atoms with Crippen molar-refractivity contribution >= 4 is 0 Å². The zero-order valence-corrected chi connectivity index (χ0v) is 10.1. The van der Waals surface area contributed by atoms with Crippen LogP contribution in [0.25, 0.3) is 0 Å². The van der Waals surface area contributed by atoms with Crippen LogP contribution < -0.4 is 0 Å². The van der Waals surface area contributed by atoms with Crippen LogP contribution in [0.3, 0.4) is 0 Å². The van der Waals surface area contributed by atoms with E-state index in [1.807, 2.05) is 0 Å². The van der Waals surface area contributed by atoms with Crippen LogP contribution in [-0.4, -0.2) is 36.7 Å². The second-order valence-electron chi connectivity index (χ2n) is 5.23. The number of hydrogen-bond donors (Lipinski definition) is 0. The summed E-state index contributed by atoms with van der Waals surface area (Å²) in [6.45, 7) is 9.97. The van der Waals surface area contributed by atoms with Crippen molar-refractivity contribution in [2.75, 3.05) is 26.2 Å². The maximum atomic E-state index is 8.86. The molecule has 0 N–H and O–H groups in total. The van der Waals surface area contributed by atoms with Gasteiger partial charge in [0.15, 0.2) is 0 Å². The molecule has 0 aromatic rings. The lowest BCUT2D eigenvalue weighted by atomic mass is 10.00. The predicted molar refractivity (Wildman–Crippen MR) is 60.5 cm³/mol. The summed E-state index contributed by atoms with van der Waals surface area (Å²) >= 11 is 0. The van der Waals surface area contributed by atoms with Crippen molar-refractivity contribution < 1.29 is 4.74 Å². The molecule has 0 spiro atoms. The molecule has 1 fully saturated rings. The van der Waals surface area contributed by atoms with E-state index in [-0.39, 0.29) is 11.5 Å². The Balaban J connectivity index is 2.19. The molecule has 0 saturated carbocycles. The van der Waals surface area contributed by atoms with E-state index in [1.54, 1.807) is 0 Å². The molecule has 0 radical (unpaired) electrons. The number of rotatable bonds is 3. The Morgan fingerprint density at radius 2 is 2.20 bits per heavy atom. The molecule has 0 aromatic heterocycles. The number of likely N-dealkylation sites (tertiary alicyclic amines) is 1. The molecule has 3 heteroatoms. The quantitative estimate of drug-likeness (QED) is 0.715. The van der Waals surface area contributed by atoms with E-state index in [4.69, 9.17) is 10.00 Å². The van der Waals surface area contributed by atoms with E-state index in [2.05, 4.69) is 31.7 Å². The van der Waals surface area contributed by atoms with E-state index >= 15 is 0 Å². The number of hydrogen-bond acceptors (Lipinski definition) is 3. The molecule has 1 aliphatic rings. The molecular formula is C12H22N2O. The minimum atomic E-state index is -0.0512. The fourth-order valence-electron chi connectivity index (χ4n) is 1.84. The Labute approximate surface area is 93.0 Å². The molecule has 0 bridgehead atoms. The van der Waals surface area contributed by atoms with Crippen molar-refractivity contribution in [3.8, 4) is 6.07 Å². The van der Waals surface area contributed by atoms with Crippen LogP contribution in [0, 0.1) is 17.2 Å². The molecular weight excluding hydrogens is 188 g/mol. The largest absolute Gasteiger partial charge is 0.375 e. The first kappa shape index (κ1) is 12.5. The van der Waals surface area contributed by atoms with Crippen LogP contribution in [0.4, 0.5) is 0 Å². The third kappa shape index (κ3) is 5.15. The molecule has 3 nitrogen and oxygen atoms in total. The topological polar surface area (TPSA) is 36.3 Å². The maximum absolute atomic E-state index is 8.86. The lowest BCUT2D eigenvalue weighted by molar-refractivity contribution is -0.0159. The van der Waals surface area contributed by atoms with Gasteiger partial charge in [0.05, 0.1) is 24.2 Å². The SMILES string of the molecule is CC(C)(C)OCCN1CCCC(C#N)C1. The minimum Gasteiger partial charge on any atom is -0.375 e. The average molecular weight is 210 g/mol. The standard InChI is InChI=1S/C12H22N2O/c1-12(2,3)15-8-7-14-6-4-5-11(9-13)10-14/h11H,4-8,10H2,1-3H3. The van der Waals surface area contributed by atoms with Gasteiger partial charge in [-0.25, -0.2) is 0 Å². The van der Waals surface area contributed by atoms with Gasteiger partial charge in [-0.15, -0.1) is 0 Å². The predicted octanol–water partition coefficient (Wildman–Crippen LogP) is 2.04. The zero-order chi connectivity index (χ0) is 11.3. The number of nitriles is 1. The first-order valence-corrected chi connectivity index (χ1v) is 5.77. The van der Waals surface area contributed by atoms with Gasteiger partial charge in [0.25, 0.3) is 0 Å². The molecule has 1 heterocycles. The molecule has 1 rings (SSSR count). The van der Waals surface area contributed by atoms with Gasteiger partial charge in [-0.1, -0.05) is 0 Å². The summed E-state index contributed by atoms with van der Waals surface area (Å²) in [7, 11) is 0. The highest BCUT2D eigenvalue weighted by Crippen LogP contribution is 2.15. The van der Waals surface area contributed by atoms with E-state index < -0.39 is 0 Å². The Bertz CT molecular complexity index is 227. The molecule has 1 unspecified atom stereocenters. The van der Waals surface area contributed by atoms with Crippen LogP contribution in [-0.2, 0) is 4.74 Å². The van der Waals surface area contributed by atoms with E-state index in [0.717, 1.165) is 39.1 Å². The van der Waals surface area contributed by atoms with Crippen LogP contribution >= 0.6 is 0 Å². The summed E-state index contributed by atoms with van der Waals surface area (Å²) in [5, 5.41) is 8.86. The molecule has 1 atom stereocenters. The van der Waals surface area contributed by atoms with Crippen molar-refractivity contribution in [2.45, 2.75) is 39.2 Å². The van der Waals surface area contributed by atoms with Gasteiger partial charge >= 0.3 is 0 Å². The summed E-state index contributed by atoms with van der Waals surface area (Å²) in [4.78, 5) is 2.34. The van der Waals surface area contributed by atoms with Gasteiger partial charge in [0.2, 0.25) is 0 Å². The van der Waals surface area contributed by atoms with Gasteiger partial charge in [0.1, 0.15) is 0 Å². The van der Waals surface area contributed by atoms with Crippen molar-refractivity contribution in [1.82, 2.24) is 4.90 Å². The summed E-state index contributed by atoms with van der Waals surface area (Å²) in [6, 6.07) is 2.36. The lowest BCUT2D eigenvalue weighted by Crippen LogP contribution is -2.38. The monoisotopic (exact) mass is 210 g/mol. The van der Waals surface area contributed by atoms with Gasteiger partial charge in [-0.05, 0) is 40.2 Å². The van der Waals surface area contributed by atoms with Crippen molar-refractivity contribution in [3.05, 3.63) is 0 Å². The Kier molecular flexibility index (Phi) is 4.56. The summed E-state index contributed by atoms with van der Waals surface area (Å²) in [5.74, 6) is 0.230. The highest BCUT2D eigenvalue weighted by molar-refractivity contribution is 4.88. The number of ether oxygens (including phenoxy) is 1. The first-order valence-electron chi connectivity index (χ1n) is 5.77. The normalized spacial score (nSPS) is 23.7. The molecule has 0 amide bonds. The Morgan fingerprint density at radius 3 is 2.80 bits per heavy atom. The molecule has 0 aromatic carbocycles. The van der Waals surface area contributed by atoms with Crippen LogP contribution in [0.1, 0.15) is 33.6 Å². The third-order valence-electron chi connectivity index (χ3n) is 2.63. The Morgan fingerprint density at radius 1 is 1.47 bits per heavy atom. The number of nitrogens with zero attached hydrogens (tertiary/aromatic N) is 2. The molecule has 86 valence electrons. The van der Waals surface area contributed by atoms with Crippen LogP contribution in [0.5, 0.6) is 0 Å². The van der Waals surface area contributed by atoms with Gasteiger partial charge in [0, 0.05) is 13.1 Å². The van der Waals surface area contributed by atoms with Crippen LogP contribution in [0.2, 0.25) is 0 Å². The fourth-order valence-corrected chi connectivity index (χ4v) is 1.84. The lowest BCUT2D eigenvalue weighted by Gasteiger charge is -2.30. The van der Waals surface area contributed by atoms with E-state index in [9.17, 15) is 0 Å². The molecule has 1 aliphatic heterocycles. The van der Waals surface area contributed by atoms with Gasteiger partial charge in [-0.2, -0.15) is 5.26 Å². The highest BCUT2D eigenvalue weighted by Gasteiger charge is 2.19. The van der Waals surface area contributed by atoms with E-state index in [0.29, 0.717) is 0 Å². The van der Waals surface area contributed by atoms with Crippen LogP contribution in [0.15, 0.2) is 0 Å². The molecule has 0 aliphatic carbocycles. The van der Waals surface area contributed by atoms with Crippen molar-refractivity contribution in [2.24, 2.45) is 5.92 Å². The van der Waals surface area contributed by atoms with Crippen molar-refractivity contribution in [1.29, 1.82) is 5.26 Å². The zero-order valence-electron chi connectivity index (χ0n) is 10.1. The smallest absolute Gasteiger partial charge is 0.0669 e. The second kappa shape index (κ2) is 5.48. The van der Waals surface area contributed by atoms with Crippen molar-refractivity contribution in [3.63, 3.8) is 0 Å². The first-order chi connectivity index (χ1) is 7.01.